The number of likely N-dealkylation sites (tertiary alicyclic amines) is 1. The Morgan fingerprint density at radius 2 is 1.89 bits per heavy atom. The second-order valence-corrected chi connectivity index (χ2v) is 7.95. The van der Waals surface area contributed by atoms with Crippen LogP contribution in [-0.4, -0.2) is 43.0 Å². The lowest BCUT2D eigenvalue weighted by Gasteiger charge is -2.31. The first-order valence-electron chi connectivity index (χ1n) is 9.71. The molecule has 1 fully saturated rings. The summed E-state index contributed by atoms with van der Waals surface area (Å²) in [6.45, 7) is 6.09. The van der Waals surface area contributed by atoms with E-state index in [1.165, 1.54) is 4.88 Å². The van der Waals surface area contributed by atoms with Gasteiger partial charge >= 0.3 is 11.8 Å². The highest BCUT2D eigenvalue weighted by Gasteiger charge is 2.21. The van der Waals surface area contributed by atoms with E-state index in [9.17, 15) is 9.59 Å². The number of rotatable bonds is 7. The monoisotopic (exact) mass is 401 g/mol. The van der Waals surface area contributed by atoms with Crippen LogP contribution in [0.3, 0.4) is 0 Å². The smallest absolute Gasteiger partial charge is 0.313 e. The molecule has 150 valence electrons. The molecule has 6 nitrogen and oxygen atoms in total. The van der Waals surface area contributed by atoms with Crippen LogP contribution in [0.2, 0.25) is 0 Å². The van der Waals surface area contributed by atoms with E-state index in [1.807, 2.05) is 6.92 Å². The van der Waals surface area contributed by atoms with Gasteiger partial charge < -0.3 is 15.4 Å². The fourth-order valence-electron chi connectivity index (χ4n) is 3.28. The molecule has 0 unspecified atom stereocenters. The Morgan fingerprint density at radius 3 is 2.54 bits per heavy atom. The first-order valence-corrected chi connectivity index (χ1v) is 10.6. The normalized spacial score (nSPS) is 15.2. The highest BCUT2D eigenvalue weighted by Crippen LogP contribution is 2.20. The Morgan fingerprint density at radius 1 is 1.14 bits per heavy atom. The number of ether oxygens (including phenoxy) is 1. The van der Waals surface area contributed by atoms with Crippen molar-refractivity contribution in [3.63, 3.8) is 0 Å². The van der Waals surface area contributed by atoms with Crippen molar-refractivity contribution in [1.82, 2.24) is 10.2 Å². The minimum Gasteiger partial charge on any atom is -0.494 e. The minimum atomic E-state index is -0.640. The molecular formula is C21H27N3O3S. The second-order valence-electron chi connectivity index (χ2n) is 6.92. The van der Waals surface area contributed by atoms with Gasteiger partial charge in [0.1, 0.15) is 5.75 Å². The van der Waals surface area contributed by atoms with Crippen molar-refractivity contribution >= 4 is 28.8 Å². The van der Waals surface area contributed by atoms with E-state index in [-0.39, 0.29) is 0 Å². The molecular weight excluding hydrogens is 374 g/mol. The molecule has 28 heavy (non-hydrogen) atoms. The van der Waals surface area contributed by atoms with Crippen molar-refractivity contribution in [2.45, 2.75) is 26.3 Å². The number of nitrogens with zero attached hydrogens (tertiary/aromatic N) is 1. The van der Waals surface area contributed by atoms with E-state index < -0.39 is 11.8 Å². The zero-order valence-corrected chi connectivity index (χ0v) is 17.0. The van der Waals surface area contributed by atoms with Crippen molar-refractivity contribution in [3.8, 4) is 5.75 Å². The Bertz CT molecular complexity index is 754. The van der Waals surface area contributed by atoms with Crippen LogP contribution < -0.4 is 15.4 Å². The van der Waals surface area contributed by atoms with Gasteiger partial charge in [0.15, 0.2) is 0 Å². The average molecular weight is 402 g/mol. The highest BCUT2D eigenvalue weighted by molar-refractivity contribution is 7.09. The van der Waals surface area contributed by atoms with Crippen molar-refractivity contribution in [2.24, 2.45) is 5.92 Å². The van der Waals surface area contributed by atoms with Crippen LogP contribution in [0.15, 0.2) is 41.8 Å². The Balaban J connectivity index is 1.36. The zero-order chi connectivity index (χ0) is 19.8. The molecule has 0 radical (unpaired) electrons. The van der Waals surface area contributed by atoms with Crippen molar-refractivity contribution in [3.05, 3.63) is 46.7 Å². The maximum atomic E-state index is 12.1. The number of piperidine rings is 1. The molecule has 0 bridgehead atoms. The molecule has 2 heterocycles. The van der Waals surface area contributed by atoms with E-state index in [2.05, 4.69) is 33.0 Å². The van der Waals surface area contributed by atoms with Gasteiger partial charge in [0.2, 0.25) is 0 Å². The minimum absolute atomic E-state index is 0.418. The molecule has 1 aromatic heterocycles. The number of benzene rings is 1. The van der Waals surface area contributed by atoms with Crippen LogP contribution in [-0.2, 0) is 16.1 Å². The third-order valence-electron chi connectivity index (χ3n) is 4.85. The van der Waals surface area contributed by atoms with Gasteiger partial charge in [-0.1, -0.05) is 6.07 Å². The SMILES string of the molecule is CCOc1ccc(NC(=O)C(=O)NCC2CCN(Cc3cccs3)CC2)cc1. The van der Waals surface area contributed by atoms with Gasteiger partial charge in [0, 0.05) is 23.7 Å². The summed E-state index contributed by atoms with van der Waals surface area (Å²) >= 11 is 1.79. The first-order chi connectivity index (χ1) is 13.6. The Kier molecular flexibility index (Phi) is 7.45. The molecule has 2 amide bonds. The summed E-state index contributed by atoms with van der Waals surface area (Å²) in [5.41, 5.74) is 0.575. The number of hydrogen-bond donors (Lipinski definition) is 2. The molecule has 1 saturated heterocycles. The molecule has 0 spiro atoms. The predicted octanol–water partition coefficient (Wildman–Crippen LogP) is 3.11. The number of anilines is 1. The van der Waals surface area contributed by atoms with E-state index in [1.54, 1.807) is 35.6 Å². The molecule has 2 aromatic rings. The molecule has 0 aliphatic carbocycles. The van der Waals surface area contributed by atoms with E-state index >= 15 is 0 Å². The molecule has 2 N–H and O–H groups in total. The van der Waals surface area contributed by atoms with Crippen LogP contribution in [0.5, 0.6) is 5.75 Å². The van der Waals surface area contributed by atoms with Gasteiger partial charge in [-0.15, -0.1) is 11.3 Å². The fourth-order valence-corrected chi connectivity index (χ4v) is 4.02. The maximum Gasteiger partial charge on any atom is 0.313 e. The number of amides is 2. The second kappa shape index (κ2) is 10.2. The van der Waals surface area contributed by atoms with Crippen LogP contribution in [0.25, 0.3) is 0 Å². The summed E-state index contributed by atoms with van der Waals surface area (Å²) in [6.07, 6.45) is 2.07. The third kappa shape index (κ3) is 6.07. The van der Waals surface area contributed by atoms with Crippen LogP contribution in [0.1, 0.15) is 24.6 Å². The number of carbonyl (C=O) groups excluding carboxylic acids is 2. The van der Waals surface area contributed by atoms with E-state index in [4.69, 9.17) is 4.74 Å². The molecule has 1 aromatic carbocycles. The standard InChI is InChI=1S/C21H27N3O3S/c1-2-27-18-7-5-17(6-8-18)23-21(26)20(25)22-14-16-9-11-24(12-10-16)15-19-4-3-13-28-19/h3-8,13,16H,2,9-12,14-15H2,1H3,(H,22,25)(H,23,26). The highest BCUT2D eigenvalue weighted by atomic mass is 32.1. The molecule has 1 aliphatic rings. The lowest BCUT2D eigenvalue weighted by molar-refractivity contribution is -0.136. The molecule has 1 aliphatic heterocycles. The topological polar surface area (TPSA) is 70.7 Å². The van der Waals surface area contributed by atoms with Crippen LogP contribution in [0.4, 0.5) is 5.69 Å². The van der Waals surface area contributed by atoms with Crippen LogP contribution >= 0.6 is 11.3 Å². The van der Waals surface area contributed by atoms with Gasteiger partial charge in [0.05, 0.1) is 6.61 Å². The number of nitrogens with one attached hydrogen (secondary N) is 2. The van der Waals surface area contributed by atoms with E-state index in [0.717, 1.165) is 38.2 Å². The van der Waals surface area contributed by atoms with E-state index in [0.29, 0.717) is 24.8 Å². The lowest BCUT2D eigenvalue weighted by atomic mass is 9.97. The Labute approximate surface area is 169 Å². The maximum absolute atomic E-state index is 12.1. The third-order valence-corrected chi connectivity index (χ3v) is 5.71. The molecule has 3 rings (SSSR count). The van der Waals surface area contributed by atoms with Crippen LogP contribution in [0, 0.1) is 5.92 Å². The largest absolute Gasteiger partial charge is 0.494 e. The zero-order valence-electron chi connectivity index (χ0n) is 16.1. The van der Waals surface area contributed by atoms with Gasteiger partial charge in [-0.25, -0.2) is 0 Å². The number of hydrogen-bond acceptors (Lipinski definition) is 5. The summed E-state index contributed by atoms with van der Waals surface area (Å²) < 4.78 is 5.36. The van der Waals surface area contributed by atoms with Crippen molar-refractivity contribution < 1.29 is 14.3 Å². The lowest BCUT2D eigenvalue weighted by Crippen LogP contribution is -2.41. The molecule has 7 heteroatoms. The summed E-state index contributed by atoms with van der Waals surface area (Å²) in [5, 5.41) is 7.50. The summed E-state index contributed by atoms with van der Waals surface area (Å²) in [7, 11) is 0. The predicted molar refractivity (Wildman–Crippen MR) is 112 cm³/mol. The van der Waals surface area contributed by atoms with Crippen molar-refractivity contribution in [2.75, 3.05) is 31.6 Å². The number of carbonyl (C=O) groups is 2. The van der Waals surface area contributed by atoms with Gasteiger partial charge in [-0.05, 0) is 74.5 Å². The first kappa shape index (κ1) is 20.4. The van der Waals surface area contributed by atoms with Gasteiger partial charge in [-0.3, -0.25) is 14.5 Å². The quantitative estimate of drug-likeness (QED) is 0.700. The van der Waals surface area contributed by atoms with Crippen molar-refractivity contribution in [1.29, 1.82) is 0 Å². The Hall–Kier alpha value is -2.38. The van der Waals surface area contributed by atoms with Gasteiger partial charge in [0.25, 0.3) is 0 Å². The fraction of sp³-hybridized carbons (Fsp3) is 0.429. The average Bonchev–Trinajstić information content (AvgIpc) is 3.22. The molecule has 0 atom stereocenters. The number of thiophene rings is 1. The summed E-state index contributed by atoms with van der Waals surface area (Å²) in [6, 6.07) is 11.2. The van der Waals surface area contributed by atoms with Gasteiger partial charge in [-0.2, -0.15) is 0 Å². The summed E-state index contributed by atoms with van der Waals surface area (Å²) in [5.74, 6) is -0.0774. The summed E-state index contributed by atoms with van der Waals surface area (Å²) in [4.78, 5) is 28.0. The molecule has 0 saturated carbocycles.